The molecule has 3 N–H and O–H groups in total. The quantitative estimate of drug-likeness (QED) is 0.0358. The van der Waals surface area contributed by atoms with Crippen LogP contribution in [0.15, 0.2) is 0 Å². The van der Waals surface area contributed by atoms with Gasteiger partial charge in [0.1, 0.15) is 6.61 Å². The second-order valence-corrected chi connectivity index (χ2v) is 15.8. The Balaban J connectivity index is 3.41. The molecule has 0 rings (SSSR count). The molecule has 0 spiro atoms. The fraction of sp³-hybridized carbons (Fsp3) is 0.950. The molecule has 0 aromatic heterocycles. The Hall–Kier alpha value is -0.990. The van der Waals surface area contributed by atoms with E-state index in [0.717, 1.165) is 19.3 Å². The van der Waals surface area contributed by atoms with Crippen molar-refractivity contribution in [3.8, 4) is 0 Å². The van der Waals surface area contributed by atoms with Crippen LogP contribution in [-0.2, 0) is 32.7 Å². The van der Waals surface area contributed by atoms with Crippen LogP contribution in [0.5, 0.6) is 0 Å². The largest absolute Gasteiger partial charge is 0.472 e. The molecule has 298 valence electrons. The molecule has 0 amide bonds. The van der Waals surface area contributed by atoms with E-state index in [2.05, 4.69) is 11.4 Å². The van der Waals surface area contributed by atoms with Gasteiger partial charge in [-0.15, -0.1) is 0 Å². The van der Waals surface area contributed by atoms with Crippen LogP contribution in [0.4, 0.5) is 0 Å². The lowest BCUT2D eigenvalue weighted by molar-refractivity contribution is -0.159. The molecule has 0 aliphatic carbocycles. The Morgan fingerprint density at radius 1 is 0.560 bits per heavy atom. The maximum Gasteiger partial charge on any atom is 0.472 e. The predicted molar refractivity (Wildman–Crippen MR) is 206 cm³/mol. The van der Waals surface area contributed by atoms with Gasteiger partial charge in [0.2, 0.25) is 0 Å². The van der Waals surface area contributed by atoms with Crippen molar-refractivity contribution >= 4 is 19.8 Å². The number of carbonyl (C=O) groups is 2. The van der Waals surface area contributed by atoms with Gasteiger partial charge in [0.05, 0.1) is 13.2 Å². The van der Waals surface area contributed by atoms with Crippen molar-refractivity contribution in [2.24, 2.45) is 5.73 Å². The van der Waals surface area contributed by atoms with E-state index in [4.69, 9.17) is 19.7 Å². The van der Waals surface area contributed by atoms with Crippen LogP contribution in [0, 0.1) is 0 Å². The van der Waals surface area contributed by atoms with Gasteiger partial charge in [0, 0.05) is 19.9 Å². The van der Waals surface area contributed by atoms with Crippen LogP contribution in [0.1, 0.15) is 213 Å². The standard InChI is InChI=1S/C40H80NO8P/c1-3-4-5-6-7-8-9-10-11-12-13-14-15-16-17-18-19-20-21-22-23-24-25-26-27-28-29-30-31-32-33-40(43)46-36-39(49-38(2)42)37-48-50(44,45)47-35-34-41/h39H,3-37,41H2,1-2H3,(H,44,45)/t39-/m1/s1. The summed E-state index contributed by atoms with van der Waals surface area (Å²) in [5.41, 5.74) is 5.24. The van der Waals surface area contributed by atoms with Crippen LogP contribution in [0.25, 0.3) is 0 Å². The summed E-state index contributed by atoms with van der Waals surface area (Å²) in [4.78, 5) is 33.0. The van der Waals surface area contributed by atoms with Crippen molar-refractivity contribution in [2.75, 3.05) is 26.4 Å². The number of carbonyl (C=O) groups excluding carboxylic acids is 2. The van der Waals surface area contributed by atoms with Crippen molar-refractivity contribution in [1.29, 1.82) is 0 Å². The molecule has 0 fully saturated rings. The van der Waals surface area contributed by atoms with Crippen molar-refractivity contribution in [1.82, 2.24) is 0 Å². The molecular formula is C40H80NO8P. The minimum absolute atomic E-state index is 0.0542. The maximum absolute atomic E-state index is 12.1. The monoisotopic (exact) mass is 734 g/mol. The number of ether oxygens (including phenoxy) is 2. The fourth-order valence-corrected chi connectivity index (χ4v) is 7.05. The number of nitrogens with two attached hydrogens (primary N) is 1. The highest BCUT2D eigenvalue weighted by atomic mass is 31.2. The molecule has 0 aromatic rings. The molecule has 0 bridgehead atoms. The van der Waals surface area contributed by atoms with Gasteiger partial charge < -0.3 is 20.1 Å². The predicted octanol–water partition coefficient (Wildman–Crippen LogP) is 11.7. The molecule has 0 saturated heterocycles. The number of unbranched alkanes of at least 4 members (excludes halogenated alkanes) is 29. The van der Waals surface area contributed by atoms with E-state index in [-0.39, 0.29) is 26.2 Å². The van der Waals surface area contributed by atoms with Crippen LogP contribution < -0.4 is 5.73 Å². The third-order valence-electron chi connectivity index (χ3n) is 9.29. The average molecular weight is 734 g/mol. The van der Waals surface area contributed by atoms with Gasteiger partial charge in [-0.05, 0) is 6.42 Å². The third kappa shape index (κ3) is 38.2. The Bertz CT molecular complexity index is 799. The topological polar surface area (TPSA) is 134 Å². The summed E-state index contributed by atoms with van der Waals surface area (Å²) >= 11 is 0. The maximum atomic E-state index is 12.1. The van der Waals surface area contributed by atoms with Gasteiger partial charge in [-0.1, -0.05) is 193 Å². The molecule has 10 heteroatoms. The molecule has 9 nitrogen and oxygen atoms in total. The zero-order valence-electron chi connectivity index (χ0n) is 32.7. The van der Waals surface area contributed by atoms with E-state index in [1.165, 1.54) is 180 Å². The molecule has 2 atom stereocenters. The van der Waals surface area contributed by atoms with E-state index < -0.39 is 32.5 Å². The minimum atomic E-state index is -4.32. The Kier molecular flexibility index (Phi) is 37.0. The van der Waals surface area contributed by atoms with Gasteiger partial charge in [-0.2, -0.15) is 0 Å². The first-order valence-corrected chi connectivity index (χ1v) is 22.4. The molecule has 0 aliphatic rings. The lowest BCUT2D eigenvalue weighted by Crippen LogP contribution is -2.28. The first kappa shape index (κ1) is 49.0. The molecule has 50 heavy (non-hydrogen) atoms. The molecule has 0 saturated carbocycles. The summed E-state index contributed by atoms with van der Waals surface area (Å²) in [7, 11) is -4.32. The van der Waals surface area contributed by atoms with E-state index in [1.54, 1.807) is 0 Å². The number of hydrogen-bond donors (Lipinski definition) is 2. The Morgan fingerprint density at radius 2 is 0.900 bits per heavy atom. The van der Waals surface area contributed by atoms with Crippen molar-refractivity contribution in [2.45, 2.75) is 219 Å². The number of esters is 2. The summed E-state index contributed by atoms with van der Waals surface area (Å²) in [6.07, 6.45) is 40.0. The van der Waals surface area contributed by atoms with Gasteiger partial charge in [-0.25, -0.2) is 4.57 Å². The smallest absolute Gasteiger partial charge is 0.462 e. The van der Waals surface area contributed by atoms with E-state index in [0.29, 0.717) is 0 Å². The molecule has 0 radical (unpaired) electrons. The first-order chi connectivity index (χ1) is 24.3. The number of hydrogen-bond acceptors (Lipinski definition) is 8. The second-order valence-electron chi connectivity index (χ2n) is 14.3. The Labute approximate surface area is 307 Å². The highest BCUT2D eigenvalue weighted by Gasteiger charge is 2.25. The van der Waals surface area contributed by atoms with Crippen molar-refractivity contribution in [3.63, 3.8) is 0 Å². The molecule has 0 aliphatic heterocycles. The summed E-state index contributed by atoms with van der Waals surface area (Å²) in [6.45, 7) is 2.70. The zero-order chi connectivity index (χ0) is 36.8. The van der Waals surface area contributed by atoms with Crippen LogP contribution in [0.3, 0.4) is 0 Å². The number of phosphoric ester groups is 1. The van der Waals surface area contributed by atoms with E-state index in [9.17, 15) is 19.0 Å². The highest BCUT2D eigenvalue weighted by Crippen LogP contribution is 2.43. The van der Waals surface area contributed by atoms with Gasteiger partial charge >= 0.3 is 19.8 Å². The Morgan fingerprint density at radius 3 is 1.22 bits per heavy atom. The zero-order valence-corrected chi connectivity index (χ0v) is 33.6. The first-order valence-electron chi connectivity index (χ1n) is 21.0. The number of phosphoric acid groups is 1. The average Bonchev–Trinajstić information content (AvgIpc) is 3.09. The summed E-state index contributed by atoms with van der Waals surface area (Å²) < 4.78 is 31.4. The summed E-state index contributed by atoms with van der Waals surface area (Å²) in [5.74, 6) is -1.01. The highest BCUT2D eigenvalue weighted by molar-refractivity contribution is 7.47. The summed E-state index contributed by atoms with van der Waals surface area (Å²) in [6, 6.07) is 0. The molecule has 1 unspecified atom stereocenters. The summed E-state index contributed by atoms with van der Waals surface area (Å²) in [5, 5.41) is 0. The lowest BCUT2D eigenvalue weighted by Gasteiger charge is -2.19. The van der Waals surface area contributed by atoms with Crippen molar-refractivity contribution < 1.29 is 37.6 Å². The van der Waals surface area contributed by atoms with Crippen LogP contribution >= 0.6 is 7.82 Å². The lowest BCUT2D eigenvalue weighted by atomic mass is 10.0. The number of rotatable bonds is 40. The van der Waals surface area contributed by atoms with E-state index in [1.807, 2.05) is 0 Å². The van der Waals surface area contributed by atoms with Crippen LogP contribution in [0.2, 0.25) is 0 Å². The molecule has 0 heterocycles. The van der Waals surface area contributed by atoms with Gasteiger partial charge in [0.25, 0.3) is 0 Å². The van der Waals surface area contributed by atoms with E-state index >= 15 is 0 Å². The molecule has 0 aromatic carbocycles. The van der Waals surface area contributed by atoms with Gasteiger partial charge in [0.15, 0.2) is 6.10 Å². The van der Waals surface area contributed by atoms with Crippen LogP contribution in [-0.4, -0.2) is 49.3 Å². The third-order valence-corrected chi connectivity index (χ3v) is 10.3. The fourth-order valence-electron chi connectivity index (χ4n) is 6.28. The van der Waals surface area contributed by atoms with Gasteiger partial charge in [-0.3, -0.25) is 18.6 Å². The van der Waals surface area contributed by atoms with Crippen molar-refractivity contribution in [3.05, 3.63) is 0 Å². The molecular weight excluding hydrogens is 653 g/mol. The minimum Gasteiger partial charge on any atom is -0.462 e. The normalized spacial score (nSPS) is 13.3. The second kappa shape index (κ2) is 37.8. The SMILES string of the molecule is CCCCCCCCCCCCCCCCCCCCCCCCCCCCCCCCC(=O)OC[C@H](COP(=O)(O)OCCN)OC(C)=O.